The van der Waals surface area contributed by atoms with Gasteiger partial charge in [-0.15, -0.1) is 0 Å². The van der Waals surface area contributed by atoms with Crippen molar-refractivity contribution in [3.05, 3.63) is 225 Å². The van der Waals surface area contributed by atoms with E-state index in [4.69, 9.17) is 9.47 Å². The second-order valence-electron chi connectivity index (χ2n) is 35.5. The Hall–Kier alpha value is -12.2. The van der Waals surface area contributed by atoms with Crippen LogP contribution in [-0.2, 0) is 51.3 Å². The van der Waals surface area contributed by atoms with E-state index < -0.39 is 34.3 Å². The summed E-state index contributed by atoms with van der Waals surface area (Å²) in [7, 11) is 3.63. The Labute approximate surface area is 741 Å². The first-order chi connectivity index (χ1) is 59.7. The highest BCUT2D eigenvalue weighted by atomic mass is 32.2. The summed E-state index contributed by atoms with van der Waals surface area (Å²) in [4.78, 5) is 126. The number of hydrogen-bond acceptors (Lipinski definition) is 24. The van der Waals surface area contributed by atoms with Gasteiger partial charge in [0, 0.05) is 115 Å². The fourth-order valence-corrected chi connectivity index (χ4v) is 20.2. The molecule has 8 aliphatic heterocycles. The number of thioether (sulfide) groups is 2. The van der Waals surface area contributed by atoms with Gasteiger partial charge in [0.25, 0.3) is 29.5 Å². The fourth-order valence-electron chi connectivity index (χ4n) is 18.0. The van der Waals surface area contributed by atoms with Crippen LogP contribution in [0.25, 0.3) is 16.3 Å². The number of aliphatic hydroxyl groups excluding tert-OH is 3. The number of hydrazine groups is 1. The number of carbonyl (C=O) groups is 9. The lowest BCUT2D eigenvalue weighted by Crippen LogP contribution is -2.46. The molecule has 0 saturated carbocycles. The zero-order valence-electron chi connectivity index (χ0n) is 74.5. The number of Topliss-reactive ketones (excluding diaryl/α,β-unsaturated/α-hetero) is 3. The Morgan fingerprint density at radius 3 is 1.59 bits per heavy atom. The minimum atomic E-state index is -1.14. The number of allylic oxidation sites excluding steroid dienone is 8. The third kappa shape index (κ3) is 15.4. The Morgan fingerprint density at radius 1 is 0.556 bits per heavy atom. The predicted molar refractivity (Wildman–Crippen MR) is 486 cm³/mol. The minimum Gasteiger partial charge on any atom is -0.507 e. The Kier molecular flexibility index (Phi) is 23.9. The van der Waals surface area contributed by atoms with E-state index in [1.54, 1.807) is 45.1 Å². The number of phenolic OH excluding ortho intramolecular Hbond substituents is 1. The molecule has 0 radical (unpaired) electrons. The van der Waals surface area contributed by atoms with Gasteiger partial charge in [0.2, 0.25) is 23.0 Å². The first kappa shape index (κ1) is 88.7. The summed E-state index contributed by atoms with van der Waals surface area (Å²) in [5.74, 6) is -2.83. The summed E-state index contributed by atoms with van der Waals surface area (Å²) in [6, 6.07) is 26.8. The summed E-state index contributed by atoms with van der Waals surface area (Å²) >= 11 is 2.98. The van der Waals surface area contributed by atoms with Crippen molar-refractivity contribution in [3.8, 4) is 11.5 Å². The van der Waals surface area contributed by atoms with E-state index in [2.05, 4.69) is 48.8 Å². The van der Waals surface area contributed by atoms with Crippen molar-refractivity contribution in [3.63, 3.8) is 0 Å². The van der Waals surface area contributed by atoms with Crippen LogP contribution in [0.5, 0.6) is 11.5 Å². The molecule has 1 atom stereocenters. The molecule has 3 aliphatic carbocycles. The molecule has 1 fully saturated rings. The highest BCUT2D eigenvalue weighted by molar-refractivity contribution is 8.04. The van der Waals surface area contributed by atoms with Crippen LogP contribution in [0.2, 0.25) is 0 Å². The van der Waals surface area contributed by atoms with E-state index in [0.717, 1.165) is 113 Å². The lowest BCUT2D eigenvalue weighted by atomic mass is 9.78. The molecule has 5 amide bonds. The van der Waals surface area contributed by atoms with Gasteiger partial charge >= 0.3 is 5.97 Å². The summed E-state index contributed by atoms with van der Waals surface area (Å²) < 4.78 is 14.2. The zero-order chi connectivity index (χ0) is 90.7. The van der Waals surface area contributed by atoms with Gasteiger partial charge in [-0.05, 0) is 225 Å². The van der Waals surface area contributed by atoms with Crippen LogP contribution < -0.4 is 14.5 Å². The first-order valence-electron chi connectivity index (χ1n) is 42.8. The number of aromatic hydroxyl groups is 1. The van der Waals surface area contributed by atoms with Crippen LogP contribution in [0.15, 0.2) is 194 Å². The maximum atomic E-state index is 13.5. The number of aliphatic hydroxyl groups is 3. The van der Waals surface area contributed by atoms with E-state index >= 15 is 0 Å². The standard InChI is InChI=1S/C37H34N4O5S.C34H35N3O7S.C26H37N5O3/c1-5-25-30(36(46)41(38-25)37(2,3)4)31-32(42)24(33(31)43)20-28-39(26-16-6-7-17-27(26)47-28)18-8-9-19-40-34(44)22-14-10-12-21-13-11-15-23(29(21)22)35(40)45;1-17-18(2)31-21(19(3)28(17)38)12-13-34(5,44-31)33(42)43-15-9-14-37-23-10-7-8-11-24(23)45-25(37)16-22-29(39)27(30(22)40)26-20(4)35-36(6)32(26)41;1-15-17(3)30(14-13-28(8)29-11-9-10-12-29)18(4)19(15)21-23(32)22(24(21)33)20-16(2)27-31(25(20)34)26(5,6)7/h6-7,10-17,20,42H,5,8-9,18-19H2,1-4H3;7-8,10-11,16,38-39H,9,12-15H2,1-6H3;32H,9-14H2,1-8H3. The Bertz CT molecular complexity index is 6130. The third-order valence-corrected chi connectivity index (χ3v) is 27.5. The number of aromatic nitrogens is 1. The molecule has 6 aromatic rings. The Morgan fingerprint density at radius 2 is 1.06 bits per heavy atom. The van der Waals surface area contributed by atoms with Crippen LogP contribution in [0.4, 0.5) is 11.4 Å². The molecular formula is C97H106N12O15S2. The first-order valence-corrected chi connectivity index (χ1v) is 44.4. The molecule has 0 spiro atoms. The van der Waals surface area contributed by atoms with Gasteiger partial charge < -0.3 is 44.3 Å². The molecule has 29 heteroatoms. The minimum absolute atomic E-state index is 0.00482. The number of phenols is 1. The molecule has 5 aromatic carbocycles. The number of anilines is 2. The number of unbranched alkanes of at least 4 members (excludes halogenated alkanes) is 1. The van der Waals surface area contributed by atoms with Crippen LogP contribution in [0, 0.1) is 41.5 Å². The van der Waals surface area contributed by atoms with E-state index in [1.807, 2.05) is 161 Å². The maximum absolute atomic E-state index is 13.5. The predicted octanol–water partition coefficient (Wildman–Crippen LogP) is 15.6. The van der Waals surface area contributed by atoms with Gasteiger partial charge in [-0.25, -0.2) is 29.8 Å². The molecule has 11 aliphatic rings. The van der Waals surface area contributed by atoms with Crippen LogP contribution in [0.3, 0.4) is 0 Å². The highest BCUT2D eigenvalue weighted by Crippen LogP contribution is 2.52. The summed E-state index contributed by atoms with van der Waals surface area (Å²) in [6.07, 6.45) is 9.03. The monoisotopic (exact) mass is 1740 g/mol. The van der Waals surface area contributed by atoms with Gasteiger partial charge in [-0.1, -0.05) is 79.0 Å². The van der Waals surface area contributed by atoms with E-state index in [9.17, 15) is 63.6 Å². The average Bonchev–Trinajstić information content (AvgIpc) is 1.53. The smallest absolute Gasteiger partial charge is 0.350 e. The van der Waals surface area contributed by atoms with Crippen LogP contribution >= 0.6 is 23.5 Å². The summed E-state index contributed by atoms with van der Waals surface area (Å²) in [5.41, 5.74) is 10.4. The van der Waals surface area contributed by atoms with Crippen molar-refractivity contribution in [1.82, 2.24) is 34.5 Å². The number of imide groups is 1. The quantitative estimate of drug-likeness (QED) is 0.0269. The molecular weight excluding hydrogens is 1640 g/mol. The number of hydrogen-bond donors (Lipinski definition) is 4. The highest BCUT2D eigenvalue weighted by Gasteiger charge is 2.50. The number of nitrogens with zero attached hydrogens (tertiary/aromatic N) is 12. The van der Waals surface area contributed by atoms with Crippen molar-refractivity contribution >= 4 is 121 Å². The lowest BCUT2D eigenvalue weighted by molar-refractivity contribution is -0.162. The number of esters is 1. The van der Waals surface area contributed by atoms with Gasteiger partial charge in [0.15, 0.2) is 0 Å². The van der Waals surface area contributed by atoms with Gasteiger partial charge in [-0.2, -0.15) is 15.3 Å². The van der Waals surface area contributed by atoms with E-state index in [0.29, 0.717) is 96.6 Å². The zero-order valence-corrected chi connectivity index (χ0v) is 76.1. The number of rotatable bonds is 18. The molecule has 9 heterocycles. The summed E-state index contributed by atoms with van der Waals surface area (Å²) in [6.45, 7) is 35.2. The van der Waals surface area contributed by atoms with Gasteiger partial charge in [0.1, 0.15) is 28.8 Å². The number of para-hydroxylation sites is 2. The molecule has 17 rings (SSSR count). The Balaban J connectivity index is 0.000000148. The van der Waals surface area contributed by atoms with Crippen molar-refractivity contribution in [1.29, 1.82) is 0 Å². The molecule has 1 unspecified atom stereocenters. The number of fused-ring (bicyclic) bond motifs is 3. The van der Waals surface area contributed by atoms with Crippen molar-refractivity contribution in [2.45, 2.75) is 195 Å². The number of carbonyl (C=O) groups excluding carboxylic acids is 9. The van der Waals surface area contributed by atoms with E-state index in [1.165, 1.54) is 58.3 Å². The lowest BCUT2D eigenvalue weighted by Gasteiger charge is -2.36. The fraction of sp³-hybridized carbons (Fsp3) is 0.381. The maximum Gasteiger partial charge on any atom is 0.350 e. The van der Waals surface area contributed by atoms with Crippen LogP contribution in [-0.4, -0.2) is 202 Å². The number of hydrazone groups is 3. The molecule has 27 nitrogen and oxygen atoms in total. The molecule has 0 bridgehead atoms. The number of benzene rings is 5. The number of likely N-dealkylation sites (N-methyl/N-ethyl adjacent to an activating group) is 2. The number of ether oxygens (including phenoxy) is 2. The summed E-state index contributed by atoms with van der Waals surface area (Å²) in [5, 5.41) is 68.1. The normalized spacial score (nSPS) is 21.8. The number of amides is 5. The largest absolute Gasteiger partial charge is 0.507 e. The van der Waals surface area contributed by atoms with Crippen molar-refractivity contribution in [2.24, 2.45) is 15.3 Å². The average molecular weight is 1740 g/mol. The number of ketones is 3. The second kappa shape index (κ2) is 34.0. The van der Waals surface area contributed by atoms with Crippen molar-refractivity contribution in [2.75, 3.05) is 69.8 Å². The van der Waals surface area contributed by atoms with Crippen molar-refractivity contribution < 1.29 is 73.1 Å². The molecule has 1 saturated heterocycles. The topological polar surface area (TPSA) is 321 Å². The van der Waals surface area contributed by atoms with Crippen LogP contribution in [0.1, 0.15) is 180 Å². The third-order valence-electron chi connectivity index (χ3n) is 25.3. The second-order valence-corrected chi connectivity index (χ2v) is 37.6. The molecule has 126 heavy (non-hydrogen) atoms. The SMILES string of the molecule is CC1=NN(C(C)(C)C)C(=O)C1=C1C(=O)C(c2c(C)c(C)n(CCN(C)N3CCCC3)c2C)=C1O.CC1=NN(C)C(=O)C1=C1C(=O)C(C=C2Sc3ccccc3N2CCCOC(=O)C2(C)CCc3c(C)c(O)c(C)c(C)c3O2)=C1O.CCC1=NN(C(C)(C)C)C(=O)C1=C1C(=O)C(C=C2Sc3ccccc3N2CCCCN2C(=O)c3cccc4cccc(c34)C2=O)=C1O. The molecule has 4 N–H and O–H groups in total. The molecule has 1 aromatic heterocycles. The molecule has 656 valence electrons. The van der Waals surface area contributed by atoms with Gasteiger partial charge in [-0.3, -0.25) is 43.3 Å². The van der Waals surface area contributed by atoms with Gasteiger partial charge in [0.05, 0.1) is 106 Å². The van der Waals surface area contributed by atoms with E-state index in [-0.39, 0.29) is 116 Å².